The highest BCUT2D eigenvalue weighted by molar-refractivity contribution is 5.52. The van der Waals surface area contributed by atoms with Crippen molar-refractivity contribution in [2.45, 2.75) is 19.7 Å². The average Bonchev–Trinajstić information content (AvgIpc) is 2.45. The van der Waals surface area contributed by atoms with Gasteiger partial charge in [-0.2, -0.15) is 13.2 Å². The summed E-state index contributed by atoms with van der Waals surface area (Å²) in [5.41, 5.74) is 1.35. The summed E-state index contributed by atoms with van der Waals surface area (Å²) in [6.45, 7) is 1.96. The van der Waals surface area contributed by atoms with E-state index in [1.807, 2.05) is 25.1 Å². The van der Waals surface area contributed by atoms with Gasteiger partial charge in [0.15, 0.2) is 0 Å². The molecule has 0 amide bonds. The Morgan fingerprint density at radius 1 is 1.10 bits per heavy atom. The fourth-order valence-electron chi connectivity index (χ4n) is 2.01. The average molecular weight is 295 g/mol. The van der Waals surface area contributed by atoms with Crippen LogP contribution in [0.25, 0.3) is 0 Å². The molecule has 0 atom stereocenters. The molecule has 2 rings (SSSR count). The van der Waals surface area contributed by atoms with Crippen LogP contribution < -0.4 is 10.1 Å². The number of ether oxygens (including phenoxy) is 1. The van der Waals surface area contributed by atoms with Crippen LogP contribution in [0.5, 0.6) is 5.75 Å². The number of para-hydroxylation sites is 1. The molecule has 0 aliphatic carbocycles. The highest BCUT2D eigenvalue weighted by atomic mass is 19.4. The van der Waals surface area contributed by atoms with Gasteiger partial charge in [0.2, 0.25) is 0 Å². The van der Waals surface area contributed by atoms with Gasteiger partial charge in [-0.3, -0.25) is 0 Å². The molecule has 0 bridgehead atoms. The largest absolute Gasteiger partial charge is 0.489 e. The van der Waals surface area contributed by atoms with E-state index in [2.05, 4.69) is 5.32 Å². The van der Waals surface area contributed by atoms with Crippen molar-refractivity contribution < 1.29 is 17.9 Å². The molecule has 1 N–H and O–H groups in total. The van der Waals surface area contributed by atoms with E-state index in [0.29, 0.717) is 17.0 Å². The van der Waals surface area contributed by atoms with Crippen molar-refractivity contribution >= 4 is 5.69 Å². The Morgan fingerprint density at radius 2 is 1.81 bits per heavy atom. The van der Waals surface area contributed by atoms with Gasteiger partial charge in [-0.25, -0.2) is 0 Å². The van der Waals surface area contributed by atoms with E-state index in [-0.39, 0.29) is 6.61 Å². The third-order valence-electron chi connectivity index (χ3n) is 3.18. The van der Waals surface area contributed by atoms with E-state index in [9.17, 15) is 13.2 Å². The van der Waals surface area contributed by atoms with E-state index in [1.165, 1.54) is 6.07 Å². The van der Waals surface area contributed by atoms with Gasteiger partial charge in [0, 0.05) is 18.3 Å². The normalized spacial score (nSPS) is 11.3. The lowest BCUT2D eigenvalue weighted by molar-refractivity contribution is -0.137. The first-order valence-electron chi connectivity index (χ1n) is 6.48. The maximum atomic E-state index is 12.8. The second kappa shape index (κ2) is 6.08. The molecule has 0 heterocycles. The Labute approximate surface area is 121 Å². The van der Waals surface area contributed by atoms with Gasteiger partial charge in [-0.1, -0.05) is 18.2 Å². The summed E-state index contributed by atoms with van der Waals surface area (Å²) in [7, 11) is 1.67. The molecule has 0 fully saturated rings. The van der Waals surface area contributed by atoms with Gasteiger partial charge in [0.1, 0.15) is 12.4 Å². The highest BCUT2D eigenvalue weighted by Gasteiger charge is 2.30. The number of rotatable bonds is 4. The van der Waals surface area contributed by atoms with Crippen LogP contribution in [0.15, 0.2) is 42.5 Å². The monoisotopic (exact) mass is 295 g/mol. The summed E-state index contributed by atoms with van der Waals surface area (Å²) in [4.78, 5) is 0. The lowest BCUT2D eigenvalue weighted by Crippen LogP contribution is -2.08. The van der Waals surface area contributed by atoms with E-state index in [0.717, 1.165) is 17.7 Å². The minimum Gasteiger partial charge on any atom is -0.489 e. The molecule has 0 saturated heterocycles. The number of nitrogens with one attached hydrogen (secondary N) is 1. The Morgan fingerprint density at radius 3 is 2.43 bits per heavy atom. The molecule has 0 saturated carbocycles. The van der Waals surface area contributed by atoms with Crippen molar-refractivity contribution in [2.24, 2.45) is 0 Å². The van der Waals surface area contributed by atoms with Crippen molar-refractivity contribution in [3.05, 3.63) is 59.2 Å². The van der Waals surface area contributed by atoms with Crippen molar-refractivity contribution in [3.8, 4) is 5.75 Å². The van der Waals surface area contributed by atoms with Crippen molar-refractivity contribution in [3.63, 3.8) is 0 Å². The molecule has 0 aromatic heterocycles. The van der Waals surface area contributed by atoms with Gasteiger partial charge in [0.05, 0.1) is 5.56 Å². The summed E-state index contributed by atoms with van der Waals surface area (Å²) in [6.07, 6.45) is -4.36. The van der Waals surface area contributed by atoms with E-state index in [4.69, 9.17) is 4.74 Å². The van der Waals surface area contributed by atoms with Crippen molar-refractivity contribution in [1.82, 2.24) is 0 Å². The van der Waals surface area contributed by atoms with Crippen LogP contribution in [0.3, 0.4) is 0 Å². The Kier molecular flexibility index (Phi) is 4.40. The SMILES string of the molecule is CNc1ccc(C(F)(F)F)cc1COc1ccccc1C. The minimum atomic E-state index is -4.36. The van der Waals surface area contributed by atoms with Crippen molar-refractivity contribution in [1.29, 1.82) is 0 Å². The smallest absolute Gasteiger partial charge is 0.416 e. The molecular formula is C16H16F3NO. The number of aryl methyl sites for hydroxylation is 1. The third-order valence-corrected chi connectivity index (χ3v) is 3.18. The first-order chi connectivity index (χ1) is 9.91. The third kappa shape index (κ3) is 3.68. The number of alkyl halides is 3. The summed E-state index contributed by atoms with van der Waals surface area (Å²) in [5.74, 6) is 0.664. The lowest BCUT2D eigenvalue weighted by Gasteiger charge is -2.15. The zero-order chi connectivity index (χ0) is 15.5. The predicted octanol–water partition coefficient (Wildman–Crippen LogP) is 4.63. The van der Waals surface area contributed by atoms with Gasteiger partial charge in [-0.15, -0.1) is 0 Å². The molecule has 0 aliphatic rings. The van der Waals surface area contributed by atoms with Crippen LogP contribution in [-0.2, 0) is 12.8 Å². The lowest BCUT2D eigenvalue weighted by atomic mass is 10.1. The first-order valence-corrected chi connectivity index (χ1v) is 6.48. The zero-order valence-electron chi connectivity index (χ0n) is 11.8. The zero-order valence-corrected chi connectivity index (χ0v) is 11.8. The van der Waals surface area contributed by atoms with E-state index in [1.54, 1.807) is 13.1 Å². The fraction of sp³-hybridized carbons (Fsp3) is 0.250. The summed E-state index contributed by atoms with van der Waals surface area (Å²) in [5, 5.41) is 2.88. The quantitative estimate of drug-likeness (QED) is 0.887. The summed E-state index contributed by atoms with van der Waals surface area (Å²) in [6, 6.07) is 11.0. The molecule has 2 aromatic rings. The molecule has 0 radical (unpaired) electrons. The van der Waals surface area contributed by atoms with Gasteiger partial charge in [0.25, 0.3) is 0 Å². The van der Waals surface area contributed by atoms with E-state index < -0.39 is 11.7 Å². The van der Waals surface area contributed by atoms with Crippen LogP contribution in [0.1, 0.15) is 16.7 Å². The number of hydrogen-bond acceptors (Lipinski definition) is 2. The standard InChI is InChI=1S/C16H16F3NO/c1-11-5-3-4-6-15(11)21-10-12-9-13(16(17,18)19)7-8-14(12)20-2/h3-9,20H,10H2,1-2H3. The van der Waals surface area contributed by atoms with E-state index >= 15 is 0 Å². The maximum Gasteiger partial charge on any atom is 0.416 e. The number of hydrogen-bond donors (Lipinski definition) is 1. The molecule has 0 spiro atoms. The second-order valence-electron chi connectivity index (χ2n) is 4.67. The fourth-order valence-corrected chi connectivity index (χ4v) is 2.01. The maximum absolute atomic E-state index is 12.8. The number of halogens is 3. The van der Waals surface area contributed by atoms with Crippen LogP contribution in [0, 0.1) is 6.92 Å². The molecule has 2 nitrogen and oxygen atoms in total. The van der Waals surface area contributed by atoms with Crippen LogP contribution >= 0.6 is 0 Å². The molecule has 0 unspecified atom stereocenters. The van der Waals surface area contributed by atoms with Gasteiger partial charge >= 0.3 is 6.18 Å². The van der Waals surface area contributed by atoms with Crippen molar-refractivity contribution in [2.75, 3.05) is 12.4 Å². The molecular weight excluding hydrogens is 279 g/mol. The number of anilines is 1. The van der Waals surface area contributed by atoms with Crippen LogP contribution in [0.2, 0.25) is 0 Å². The minimum absolute atomic E-state index is 0.0744. The molecule has 2 aromatic carbocycles. The molecule has 0 aliphatic heterocycles. The highest BCUT2D eigenvalue weighted by Crippen LogP contribution is 2.32. The summed E-state index contributed by atoms with van der Waals surface area (Å²) < 4.78 is 43.9. The molecule has 112 valence electrons. The Balaban J connectivity index is 2.24. The second-order valence-corrected chi connectivity index (χ2v) is 4.67. The first kappa shape index (κ1) is 15.2. The number of benzene rings is 2. The van der Waals surface area contributed by atoms with Gasteiger partial charge < -0.3 is 10.1 Å². The molecule has 5 heteroatoms. The predicted molar refractivity (Wildman–Crippen MR) is 76.5 cm³/mol. The Hall–Kier alpha value is -2.17. The van der Waals surface area contributed by atoms with Crippen LogP contribution in [-0.4, -0.2) is 7.05 Å². The van der Waals surface area contributed by atoms with Gasteiger partial charge in [-0.05, 0) is 36.8 Å². The topological polar surface area (TPSA) is 21.3 Å². The van der Waals surface area contributed by atoms with Crippen LogP contribution in [0.4, 0.5) is 18.9 Å². The summed E-state index contributed by atoms with van der Waals surface area (Å²) >= 11 is 0. The Bertz CT molecular complexity index is 623. The molecule has 21 heavy (non-hydrogen) atoms.